The van der Waals surface area contributed by atoms with Gasteiger partial charge in [-0.05, 0) is 106 Å². The highest BCUT2D eigenvalue weighted by Crippen LogP contribution is 2.44. The van der Waals surface area contributed by atoms with Crippen LogP contribution in [0.4, 0.5) is 17.1 Å². The average molecular weight is 474 g/mol. The summed E-state index contributed by atoms with van der Waals surface area (Å²) in [4.78, 5) is 20.4. The Hall–Kier alpha value is -4.12. The molecule has 0 bridgehead atoms. The van der Waals surface area contributed by atoms with Crippen LogP contribution in [0.3, 0.4) is 0 Å². The van der Waals surface area contributed by atoms with Crippen LogP contribution in [0.1, 0.15) is 38.9 Å². The van der Waals surface area contributed by atoms with Crippen molar-refractivity contribution in [2.45, 2.75) is 48.5 Å². The molecule has 2 heterocycles. The van der Waals surface area contributed by atoms with Gasteiger partial charge in [0.25, 0.3) is 0 Å². The fourth-order valence-electron chi connectivity index (χ4n) is 5.07. The standard InChI is InChI=1S/C31H31N5/c1-18-8-10-25(11-9-18)36(26-15-19(2)14-20(3)16-26)29-23(6)21(4)28(22(5)24(29)7)27-17-34-30-31(35-27)33-13-12-32-30/h8-17H,1-7H3. The summed E-state index contributed by atoms with van der Waals surface area (Å²) in [5.74, 6) is 0. The summed E-state index contributed by atoms with van der Waals surface area (Å²) >= 11 is 0. The lowest BCUT2D eigenvalue weighted by atomic mass is 9.89. The third-order valence-electron chi connectivity index (χ3n) is 7.02. The zero-order valence-corrected chi connectivity index (χ0v) is 22.0. The summed E-state index contributed by atoms with van der Waals surface area (Å²) in [6, 6.07) is 15.5. The van der Waals surface area contributed by atoms with Crippen LogP contribution >= 0.6 is 0 Å². The van der Waals surface area contributed by atoms with Crippen LogP contribution in [0.25, 0.3) is 22.6 Å². The van der Waals surface area contributed by atoms with E-state index < -0.39 is 0 Å². The summed E-state index contributed by atoms with van der Waals surface area (Å²) in [7, 11) is 0. The van der Waals surface area contributed by atoms with Crippen molar-refractivity contribution in [1.82, 2.24) is 19.9 Å². The molecular weight excluding hydrogens is 442 g/mol. The molecule has 2 aromatic heterocycles. The summed E-state index contributed by atoms with van der Waals surface area (Å²) in [5.41, 5.74) is 15.1. The van der Waals surface area contributed by atoms with Gasteiger partial charge in [-0.15, -0.1) is 0 Å². The summed E-state index contributed by atoms with van der Waals surface area (Å²) in [6.07, 6.45) is 5.11. The summed E-state index contributed by atoms with van der Waals surface area (Å²) in [5, 5.41) is 0. The van der Waals surface area contributed by atoms with E-state index in [1.807, 2.05) is 6.20 Å². The molecule has 5 rings (SSSR count). The average Bonchev–Trinajstić information content (AvgIpc) is 2.85. The lowest BCUT2D eigenvalue weighted by Crippen LogP contribution is -2.15. The molecule has 0 atom stereocenters. The third-order valence-corrected chi connectivity index (χ3v) is 7.02. The van der Waals surface area contributed by atoms with E-state index in [1.165, 1.54) is 44.6 Å². The number of anilines is 3. The van der Waals surface area contributed by atoms with Crippen LogP contribution in [-0.4, -0.2) is 19.9 Å². The van der Waals surface area contributed by atoms with Crippen molar-refractivity contribution in [3.8, 4) is 11.3 Å². The Kier molecular flexibility index (Phi) is 6.00. The van der Waals surface area contributed by atoms with Gasteiger partial charge in [0.1, 0.15) is 0 Å². The molecule has 0 aliphatic carbocycles. The van der Waals surface area contributed by atoms with Crippen molar-refractivity contribution in [2.75, 3.05) is 4.90 Å². The van der Waals surface area contributed by atoms with Crippen molar-refractivity contribution < 1.29 is 0 Å². The van der Waals surface area contributed by atoms with Gasteiger partial charge in [0.15, 0.2) is 11.3 Å². The van der Waals surface area contributed by atoms with Gasteiger partial charge in [-0.1, -0.05) is 23.8 Å². The van der Waals surface area contributed by atoms with E-state index in [1.54, 1.807) is 12.4 Å². The number of nitrogens with zero attached hydrogens (tertiary/aromatic N) is 5. The number of aryl methyl sites for hydroxylation is 3. The maximum atomic E-state index is 4.82. The molecule has 0 saturated carbocycles. The second kappa shape index (κ2) is 9.15. The molecule has 0 unspecified atom stereocenters. The van der Waals surface area contributed by atoms with Gasteiger partial charge in [-0.3, -0.25) is 0 Å². The van der Waals surface area contributed by atoms with Gasteiger partial charge >= 0.3 is 0 Å². The Bertz CT molecular complexity index is 1550. The minimum atomic E-state index is 0.557. The minimum Gasteiger partial charge on any atom is -0.310 e. The first-order chi connectivity index (χ1) is 17.2. The molecule has 0 aliphatic rings. The maximum Gasteiger partial charge on any atom is 0.198 e. The number of aromatic nitrogens is 4. The highest BCUT2D eigenvalue weighted by Gasteiger charge is 2.24. The van der Waals surface area contributed by atoms with E-state index >= 15 is 0 Å². The van der Waals surface area contributed by atoms with Gasteiger partial charge in [0.2, 0.25) is 0 Å². The second-order valence-corrected chi connectivity index (χ2v) is 9.70. The van der Waals surface area contributed by atoms with Crippen molar-refractivity contribution >= 4 is 28.4 Å². The molecule has 3 aromatic carbocycles. The number of benzene rings is 3. The largest absolute Gasteiger partial charge is 0.310 e. The van der Waals surface area contributed by atoms with E-state index in [4.69, 9.17) is 4.98 Å². The van der Waals surface area contributed by atoms with E-state index in [0.29, 0.717) is 11.3 Å². The lowest BCUT2D eigenvalue weighted by molar-refractivity contribution is 1.13. The minimum absolute atomic E-state index is 0.557. The molecule has 180 valence electrons. The van der Waals surface area contributed by atoms with Gasteiger partial charge in [0, 0.05) is 29.3 Å². The van der Waals surface area contributed by atoms with Gasteiger partial charge in [0.05, 0.1) is 17.6 Å². The van der Waals surface area contributed by atoms with E-state index in [2.05, 4.69) is 111 Å². The molecule has 0 amide bonds. The molecular formula is C31H31N5. The molecule has 0 radical (unpaired) electrons. The Morgan fingerprint density at radius 3 is 1.75 bits per heavy atom. The third kappa shape index (κ3) is 4.11. The first-order valence-electron chi connectivity index (χ1n) is 12.2. The highest BCUT2D eigenvalue weighted by atomic mass is 15.1. The SMILES string of the molecule is Cc1ccc(N(c2cc(C)cc(C)c2)c2c(C)c(C)c(-c3cnc4nccnc4n3)c(C)c2C)cc1. The van der Waals surface area contributed by atoms with Crippen molar-refractivity contribution in [1.29, 1.82) is 0 Å². The molecule has 0 spiro atoms. The Labute approximate surface area is 212 Å². The fraction of sp³-hybridized carbons (Fsp3) is 0.226. The van der Waals surface area contributed by atoms with Crippen LogP contribution in [0.15, 0.2) is 61.1 Å². The highest BCUT2D eigenvalue weighted by molar-refractivity contribution is 5.86. The molecule has 5 heteroatoms. The van der Waals surface area contributed by atoms with Crippen LogP contribution in [0.5, 0.6) is 0 Å². The molecule has 0 N–H and O–H groups in total. The Morgan fingerprint density at radius 2 is 1.14 bits per heavy atom. The molecule has 5 aromatic rings. The zero-order chi connectivity index (χ0) is 25.6. The van der Waals surface area contributed by atoms with Gasteiger partial charge in [-0.25, -0.2) is 19.9 Å². The van der Waals surface area contributed by atoms with Gasteiger partial charge < -0.3 is 4.90 Å². The van der Waals surface area contributed by atoms with Crippen molar-refractivity contribution in [3.05, 3.63) is 100.0 Å². The van der Waals surface area contributed by atoms with Crippen LogP contribution < -0.4 is 4.90 Å². The lowest BCUT2D eigenvalue weighted by Gasteiger charge is -2.32. The first-order valence-corrected chi connectivity index (χ1v) is 12.2. The van der Waals surface area contributed by atoms with Crippen molar-refractivity contribution in [2.24, 2.45) is 0 Å². The zero-order valence-electron chi connectivity index (χ0n) is 22.0. The number of fused-ring (bicyclic) bond motifs is 1. The second-order valence-electron chi connectivity index (χ2n) is 9.70. The van der Waals surface area contributed by atoms with Crippen LogP contribution in [0, 0.1) is 48.5 Å². The predicted octanol–water partition coefficient (Wildman–Crippen LogP) is 7.72. The van der Waals surface area contributed by atoms with E-state index in [9.17, 15) is 0 Å². The predicted molar refractivity (Wildman–Crippen MR) is 148 cm³/mol. The molecule has 0 aliphatic heterocycles. The Morgan fingerprint density at radius 1 is 0.556 bits per heavy atom. The summed E-state index contributed by atoms with van der Waals surface area (Å²) < 4.78 is 0. The quantitative estimate of drug-likeness (QED) is 0.267. The molecule has 0 saturated heterocycles. The number of rotatable bonds is 4. The van der Waals surface area contributed by atoms with E-state index in [0.717, 1.165) is 22.6 Å². The number of hydrogen-bond donors (Lipinski definition) is 0. The summed E-state index contributed by atoms with van der Waals surface area (Å²) in [6.45, 7) is 15.2. The fourth-order valence-corrected chi connectivity index (χ4v) is 5.07. The monoisotopic (exact) mass is 473 g/mol. The molecule has 5 nitrogen and oxygen atoms in total. The van der Waals surface area contributed by atoms with Crippen LogP contribution in [-0.2, 0) is 0 Å². The van der Waals surface area contributed by atoms with Crippen molar-refractivity contribution in [3.63, 3.8) is 0 Å². The first kappa shape index (κ1) is 23.6. The Balaban J connectivity index is 1.77. The smallest absolute Gasteiger partial charge is 0.198 e. The topological polar surface area (TPSA) is 54.8 Å². The van der Waals surface area contributed by atoms with Gasteiger partial charge in [-0.2, -0.15) is 0 Å². The number of hydrogen-bond acceptors (Lipinski definition) is 5. The maximum absolute atomic E-state index is 4.82. The molecule has 0 fully saturated rings. The van der Waals surface area contributed by atoms with Crippen LogP contribution in [0.2, 0.25) is 0 Å². The molecule has 36 heavy (non-hydrogen) atoms. The van der Waals surface area contributed by atoms with E-state index in [-0.39, 0.29) is 0 Å². The normalized spacial score (nSPS) is 11.2.